The average Bonchev–Trinajstić information content (AvgIpc) is 2.79. The van der Waals surface area contributed by atoms with Crippen LogP contribution in [0.25, 0.3) is 32.7 Å². The van der Waals surface area contributed by atoms with Gasteiger partial charge in [-0.2, -0.15) is 0 Å². The fourth-order valence-electron chi connectivity index (χ4n) is 4.53. The van der Waals surface area contributed by atoms with E-state index in [1.165, 1.54) is 49.5 Å². The molecule has 5 aromatic rings. The molecule has 0 bridgehead atoms. The first-order valence-corrected chi connectivity index (χ1v) is 10.0. The van der Waals surface area contributed by atoms with Gasteiger partial charge < -0.3 is 10.5 Å². The lowest BCUT2D eigenvalue weighted by Crippen LogP contribution is -2.48. The van der Waals surface area contributed by atoms with E-state index in [4.69, 9.17) is 0 Å². The largest absolute Gasteiger partial charge is 0.406 e. The van der Waals surface area contributed by atoms with E-state index in [9.17, 15) is 0 Å². The predicted molar refractivity (Wildman–Crippen MR) is 126 cm³/mol. The molecule has 0 spiro atoms. The zero-order chi connectivity index (χ0) is 19.2. The summed E-state index contributed by atoms with van der Waals surface area (Å²) in [6.45, 7) is 0.0187. The van der Waals surface area contributed by atoms with E-state index >= 15 is 0 Å². The molecule has 0 atom stereocenters. The number of hydrogen-bond donors (Lipinski definition) is 2. The van der Waals surface area contributed by atoms with Crippen molar-refractivity contribution in [2.24, 2.45) is 0 Å². The standard InChI is InChI=1S/C26H19BN2/c1-2-8-18(9-3-1)20-16-17-23(22-13-5-4-12-21(20)22)27-28-24-14-6-10-19-11-7-15-25(29-27)26(19)24/h1-17,28-29H. The predicted octanol–water partition coefficient (Wildman–Crippen LogP) is 5.89. The van der Waals surface area contributed by atoms with Gasteiger partial charge >= 0.3 is 6.98 Å². The molecule has 0 aliphatic carbocycles. The summed E-state index contributed by atoms with van der Waals surface area (Å²) in [6, 6.07) is 36.7. The number of benzene rings is 5. The van der Waals surface area contributed by atoms with Crippen molar-refractivity contribution in [3.05, 3.63) is 103 Å². The molecule has 0 unspecified atom stereocenters. The second kappa shape index (κ2) is 6.42. The van der Waals surface area contributed by atoms with E-state index in [-0.39, 0.29) is 6.98 Å². The second-order valence-corrected chi connectivity index (χ2v) is 7.54. The van der Waals surface area contributed by atoms with Crippen molar-refractivity contribution in [1.82, 2.24) is 0 Å². The molecule has 1 aliphatic heterocycles. The van der Waals surface area contributed by atoms with Gasteiger partial charge in [-0.25, -0.2) is 0 Å². The van der Waals surface area contributed by atoms with E-state index in [0.717, 1.165) is 0 Å². The molecule has 0 fully saturated rings. The van der Waals surface area contributed by atoms with Crippen molar-refractivity contribution in [2.45, 2.75) is 0 Å². The molecule has 0 radical (unpaired) electrons. The third kappa shape index (κ3) is 2.59. The summed E-state index contributed by atoms with van der Waals surface area (Å²) in [4.78, 5) is 0. The van der Waals surface area contributed by atoms with E-state index in [1.807, 2.05) is 0 Å². The SMILES string of the molecule is c1ccc(-c2ccc(B3Nc4cccc5cccc(c45)N3)c3ccccc23)cc1. The van der Waals surface area contributed by atoms with E-state index < -0.39 is 0 Å². The molecule has 3 heteroatoms. The molecule has 2 N–H and O–H groups in total. The van der Waals surface area contributed by atoms with Gasteiger partial charge in [-0.15, -0.1) is 0 Å². The maximum Gasteiger partial charge on any atom is 0.406 e. The number of fused-ring (bicyclic) bond motifs is 1. The van der Waals surface area contributed by atoms with Gasteiger partial charge in [-0.3, -0.25) is 0 Å². The first kappa shape index (κ1) is 16.3. The number of nitrogens with one attached hydrogen (secondary N) is 2. The highest BCUT2D eigenvalue weighted by Crippen LogP contribution is 2.35. The van der Waals surface area contributed by atoms with Gasteiger partial charge in [0.15, 0.2) is 0 Å². The molecule has 136 valence electrons. The molecule has 1 aliphatic rings. The Hall–Kier alpha value is -3.72. The van der Waals surface area contributed by atoms with Crippen LogP contribution in [0, 0.1) is 0 Å². The molecule has 6 rings (SSSR count). The average molecular weight is 370 g/mol. The zero-order valence-electron chi connectivity index (χ0n) is 15.9. The molecule has 1 heterocycles. The number of hydrogen-bond acceptors (Lipinski definition) is 2. The van der Waals surface area contributed by atoms with Gasteiger partial charge in [0, 0.05) is 16.8 Å². The highest BCUT2D eigenvalue weighted by molar-refractivity contribution is 6.82. The highest BCUT2D eigenvalue weighted by Gasteiger charge is 2.27. The van der Waals surface area contributed by atoms with Crippen molar-refractivity contribution in [1.29, 1.82) is 0 Å². The maximum absolute atomic E-state index is 3.72. The summed E-state index contributed by atoms with van der Waals surface area (Å²) in [5.74, 6) is 0. The summed E-state index contributed by atoms with van der Waals surface area (Å²) < 4.78 is 0. The summed E-state index contributed by atoms with van der Waals surface area (Å²) in [6.07, 6.45) is 0. The van der Waals surface area contributed by atoms with Gasteiger partial charge in [0.05, 0.1) is 0 Å². The van der Waals surface area contributed by atoms with E-state index in [1.54, 1.807) is 0 Å². The molecule has 29 heavy (non-hydrogen) atoms. The van der Waals surface area contributed by atoms with Gasteiger partial charge in [0.25, 0.3) is 0 Å². The summed E-state index contributed by atoms with van der Waals surface area (Å²) in [5.41, 5.74) is 6.13. The molecule has 0 amide bonds. The van der Waals surface area contributed by atoms with Crippen LogP contribution in [0.15, 0.2) is 103 Å². The van der Waals surface area contributed by atoms with E-state index in [2.05, 4.69) is 114 Å². The molecule has 0 saturated heterocycles. The summed E-state index contributed by atoms with van der Waals surface area (Å²) in [5, 5.41) is 12.5. The molecule has 5 aromatic carbocycles. The van der Waals surface area contributed by atoms with Crippen LogP contribution in [0.2, 0.25) is 0 Å². The van der Waals surface area contributed by atoms with Crippen LogP contribution in [0.5, 0.6) is 0 Å². The van der Waals surface area contributed by atoms with Crippen LogP contribution in [-0.2, 0) is 0 Å². The Morgan fingerprint density at radius 1 is 0.517 bits per heavy atom. The lowest BCUT2D eigenvalue weighted by Gasteiger charge is -2.28. The Balaban J connectivity index is 1.51. The molecular formula is C26H19BN2. The lowest BCUT2D eigenvalue weighted by atomic mass is 9.64. The lowest BCUT2D eigenvalue weighted by molar-refractivity contribution is 1.60. The summed E-state index contributed by atoms with van der Waals surface area (Å²) in [7, 11) is 0. The second-order valence-electron chi connectivity index (χ2n) is 7.54. The Morgan fingerprint density at radius 3 is 1.90 bits per heavy atom. The minimum atomic E-state index is 0.0187. The minimum absolute atomic E-state index is 0.0187. The quantitative estimate of drug-likeness (QED) is 0.379. The van der Waals surface area contributed by atoms with Gasteiger partial charge in [0.1, 0.15) is 0 Å². The van der Waals surface area contributed by atoms with Crippen molar-refractivity contribution in [3.63, 3.8) is 0 Å². The van der Waals surface area contributed by atoms with Crippen LogP contribution in [0.1, 0.15) is 0 Å². The fourth-order valence-corrected chi connectivity index (χ4v) is 4.53. The Kier molecular flexibility index (Phi) is 3.60. The molecule has 2 nitrogen and oxygen atoms in total. The van der Waals surface area contributed by atoms with Crippen molar-refractivity contribution in [3.8, 4) is 11.1 Å². The van der Waals surface area contributed by atoms with Crippen LogP contribution in [-0.4, -0.2) is 6.98 Å². The van der Waals surface area contributed by atoms with Crippen LogP contribution in [0.3, 0.4) is 0 Å². The third-order valence-electron chi connectivity index (χ3n) is 5.86. The first-order chi connectivity index (χ1) is 14.4. The van der Waals surface area contributed by atoms with Crippen molar-refractivity contribution in [2.75, 3.05) is 10.5 Å². The Bertz CT molecular complexity index is 1320. The van der Waals surface area contributed by atoms with Gasteiger partial charge in [-0.1, -0.05) is 91.0 Å². The smallest absolute Gasteiger partial charge is 0.405 e. The summed E-state index contributed by atoms with van der Waals surface area (Å²) >= 11 is 0. The molecule has 0 saturated carbocycles. The highest BCUT2D eigenvalue weighted by atomic mass is 15.0. The Morgan fingerprint density at radius 2 is 1.17 bits per heavy atom. The van der Waals surface area contributed by atoms with Crippen LogP contribution >= 0.6 is 0 Å². The van der Waals surface area contributed by atoms with Crippen molar-refractivity contribution >= 4 is 45.4 Å². The van der Waals surface area contributed by atoms with Gasteiger partial charge in [-0.05, 0) is 44.9 Å². The van der Waals surface area contributed by atoms with Crippen LogP contribution in [0.4, 0.5) is 11.4 Å². The zero-order valence-corrected chi connectivity index (χ0v) is 15.9. The maximum atomic E-state index is 3.72. The number of rotatable bonds is 2. The topological polar surface area (TPSA) is 24.1 Å². The van der Waals surface area contributed by atoms with Crippen molar-refractivity contribution < 1.29 is 0 Å². The minimum Gasteiger partial charge on any atom is -0.405 e. The van der Waals surface area contributed by atoms with Crippen LogP contribution < -0.4 is 15.9 Å². The molecular weight excluding hydrogens is 351 g/mol. The van der Waals surface area contributed by atoms with E-state index in [0.29, 0.717) is 0 Å². The molecule has 0 aromatic heterocycles. The monoisotopic (exact) mass is 370 g/mol. The first-order valence-electron chi connectivity index (χ1n) is 10.0. The normalized spacial score (nSPS) is 12.6. The fraction of sp³-hybridized carbons (Fsp3) is 0. The van der Waals surface area contributed by atoms with Gasteiger partial charge in [0.2, 0.25) is 0 Å². The Labute approximate surface area is 170 Å². The number of anilines is 2. The third-order valence-corrected chi connectivity index (χ3v) is 5.86.